The van der Waals surface area contributed by atoms with Gasteiger partial charge in [-0.3, -0.25) is 4.68 Å². The molecule has 0 saturated heterocycles. The molecule has 1 aromatic heterocycles. The van der Waals surface area contributed by atoms with Gasteiger partial charge in [-0.05, 0) is 37.0 Å². The monoisotopic (exact) mass is 455 g/mol. The van der Waals surface area contributed by atoms with Gasteiger partial charge >= 0.3 is 5.97 Å². The van der Waals surface area contributed by atoms with E-state index < -0.39 is 16.0 Å². The fourth-order valence-electron chi connectivity index (χ4n) is 4.01. The highest BCUT2D eigenvalue weighted by atomic mass is 32.2. The van der Waals surface area contributed by atoms with Crippen LogP contribution < -0.4 is 9.46 Å². The summed E-state index contributed by atoms with van der Waals surface area (Å²) in [6.45, 7) is 0.641. The number of carbonyl (C=O) groups excluding carboxylic acids is 1. The van der Waals surface area contributed by atoms with E-state index in [1.165, 1.54) is 32.4 Å². The second-order valence-corrected chi connectivity index (χ2v) is 9.32. The molecule has 1 atom stereocenters. The number of methoxy groups -OCH3 is 2. The van der Waals surface area contributed by atoms with Gasteiger partial charge in [0.05, 0.1) is 37.9 Å². The normalized spacial score (nSPS) is 15.8. The first-order valence-corrected chi connectivity index (χ1v) is 11.8. The van der Waals surface area contributed by atoms with E-state index >= 15 is 0 Å². The van der Waals surface area contributed by atoms with Gasteiger partial charge in [0.15, 0.2) is 0 Å². The largest absolute Gasteiger partial charge is 0.496 e. The van der Waals surface area contributed by atoms with E-state index in [1.807, 2.05) is 35.0 Å². The van der Waals surface area contributed by atoms with Gasteiger partial charge in [-0.15, -0.1) is 0 Å². The smallest absolute Gasteiger partial charge is 0.341 e. The van der Waals surface area contributed by atoms with Crippen molar-refractivity contribution in [1.29, 1.82) is 0 Å². The molecule has 8 nitrogen and oxygen atoms in total. The number of rotatable bonds is 7. The van der Waals surface area contributed by atoms with Gasteiger partial charge in [0.2, 0.25) is 10.0 Å². The van der Waals surface area contributed by atoms with Crippen LogP contribution in [0.2, 0.25) is 0 Å². The molecule has 0 fully saturated rings. The Labute approximate surface area is 187 Å². The van der Waals surface area contributed by atoms with Crippen LogP contribution >= 0.6 is 0 Å². The molecule has 0 aliphatic heterocycles. The SMILES string of the molecule is COC(=O)c1ccc(S(=O)(=O)NC2CCCc3c2cnn3Cc2ccccc2)cc1OC. The summed E-state index contributed by atoms with van der Waals surface area (Å²) in [6, 6.07) is 13.8. The van der Waals surface area contributed by atoms with Crippen molar-refractivity contribution in [3.05, 3.63) is 77.1 Å². The molecule has 168 valence electrons. The summed E-state index contributed by atoms with van der Waals surface area (Å²) in [7, 11) is -1.22. The maximum absolute atomic E-state index is 13.1. The third-order valence-electron chi connectivity index (χ3n) is 5.62. The average molecular weight is 456 g/mol. The minimum absolute atomic E-state index is 0.0193. The van der Waals surface area contributed by atoms with E-state index in [4.69, 9.17) is 9.47 Å². The molecule has 3 aromatic rings. The number of fused-ring (bicyclic) bond motifs is 1. The summed E-state index contributed by atoms with van der Waals surface area (Å²) in [4.78, 5) is 11.9. The van der Waals surface area contributed by atoms with Gasteiger partial charge in [0.1, 0.15) is 11.3 Å². The molecule has 1 aliphatic carbocycles. The number of hydrogen-bond acceptors (Lipinski definition) is 6. The maximum Gasteiger partial charge on any atom is 0.341 e. The van der Waals surface area contributed by atoms with Gasteiger partial charge < -0.3 is 9.47 Å². The number of sulfonamides is 1. The number of hydrogen-bond donors (Lipinski definition) is 1. The van der Waals surface area contributed by atoms with E-state index in [9.17, 15) is 13.2 Å². The van der Waals surface area contributed by atoms with Gasteiger partial charge in [0.25, 0.3) is 0 Å². The minimum Gasteiger partial charge on any atom is -0.496 e. The van der Waals surface area contributed by atoms with Crippen LogP contribution in [-0.4, -0.2) is 38.4 Å². The Morgan fingerprint density at radius 3 is 2.69 bits per heavy atom. The summed E-state index contributed by atoms with van der Waals surface area (Å²) in [6.07, 6.45) is 4.14. The molecular weight excluding hydrogens is 430 g/mol. The van der Waals surface area contributed by atoms with Crippen molar-refractivity contribution in [2.45, 2.75) is 36.7 Å². The Morgan fingerprint density at radius 1 is 1.19 bits per heavy atom. The number of carbonyl (C=O) groups is 1. The third kappa shape index (κ3) is 4.39. The van der Waals surface area contributed by atoms with Crippen LogP contribution in [0.25, 0.3) is 0 Å². The van der Waals surface area contributed by atoms with Gasteiger partial charge in [0, 0.05) is 17.3 Å². The Bertz CT molecular complexity index is 1220. The lowest BCUT2D eigenvalue weighted by Crippen LogP contribution is -2.31. The molecule has 9 heteroatoms. The molecule has 32 heavy (non-hydrogen) atoms. The molecule has 0 amide bonds. The number of benzene rings is 2. The molecule has 0 saturated carbocycles. The van der Waals surface area contributed by atoms with Crippen LogP contribution in [0, 0.1) is 0 Å². The van der Waals surface area contributed by atoms with Crippen molar-refractivity contribution in [2.75, 3.05) is 14.2 Å². The molecular formula is C23H25N3O5S. The minimum atomic E-state index is -3.85. The van der Waals surface area contributed by atoms with Crippen LogP contribution in [0.3, 0.4) is 0 Å². The number of aromatic nitrogens is 2. The predicted octanol–water partition coefficient (Wildman–Crippen LogP) is 3.08. The van der Waals surface area contributed by atoms with Gasteiger partial charge in [-0.25, -0.2) is 17.9 Å². The van der Waals surface area contributed by atoms with Crippen molar-refractivity contribution >= 4 is 16.0 Å². The molecule has 2 aromatic carbocycles. The number of ether oxygens (including phenoxy) is 2. The lowest BCUT2D eigenvalue weighted by atomic mass is 9.94. The average Bonchev–Trinajstić information content (AvgIpc) is 3.22. The van der Waals surface area contributed by atoms with E-state index in [1.54, 1.807) is 6.20 Å². The molecule has 1 unspecified atom stereocenters. The fourth-order valence-corrected chi connectivity index (χ4v) is 5.27. The van der Waals surface area contributed by atoms with Crippen LogP contribution in [0.5, 0.6) is 5.75 Å². The summed E-state index contributed by atoms with van der Waals surface area (Å²) in [5.41, 5.74) is 3.25. The quantitative estimate of drug-likeness (QED) is 0.550. The standard InChI is InChI=1S/C23H25N3O5S/c1-30-22-13-17(11-12-18(22)23(27)31-2)32(28,29)25-20-9-6-10-21-19(20)14-24-26(21)15-16-7-4-3-5-8-16/h3-5,7-8,11-14,20,25H,6,9-10,15H2,1-2H3. The Morgan fingerprint density at radius 2 is 1.97 bits per heavy atom. The molecule has 0 spiro atoms. The molecule has 1 aliphatic rings. The van der Waals surface area contributed by atoms with Crippen LogP contribution in [0.4, 0.5) is 0 Å². The van der Waals surface area contributed by atoms with E-state index in [0.717, 1.165) is 29.7 Å². The van der Waals surface area contributed by atoms with Crippen LogP contribution in [0.15, 0.2) is 59.6 Å². The Kier molecular flexibility index (Phi) is 6.29. The summed E-state index contributed by atoms with van der Waals surface area (Å²) in [5, 5.41) is 4.52. The fraction of sp³-hybridized carbons (Fsp3) is 0.304. The third-order valence-corrected chi connectivity index (χ3v) is 7.09. The van der Waals surface area contributed by atoms with Crippen molar-refractivity contribution in [3.8, 4) is 5.75 Å². The zero-order valence-electron chi connectivity index (χ0n) is 17.9. The van der Waals surface area contributed by atoms with Gasteiger partial charge in [-0.2, -0.15) is 5.10 Å². The second-order valence-electron chi connectivity index (χ2n) is 7.61. The highest BCUT2D eigenvalue weighted by Crippen LogP contribution is 2.32. The zero-order chi connectivity index (χ0) is 22.7. The number of esters is 1. The van der Waals surface area contributed by atoms with Crippen molar-refractivity contribution < 1.29 is 22.7 Å². The van der Waals surface area contributed by atoms with Crippen LogP contribution in [-0.2, 0) is 27.7 Å². The zero-order valence-corrected chi connectivity index (χ0v) is 18.8. The molecule has 0 radical (unpaired) electrons. The first-order chi connectivity index (χ1) is 15.4. The number of nitrogens with zero attached hydrogens (tertiary/aromatic N) is 2. The summed E-state index contributed by atoms with van der Waals surface area (Å²) >= 11 is 0. The number of nitrogens with one attached hydrogen (secondary N) is 1. The second kappa shape index (κ2) is 9.13. The highest BCUT2D eigenvalue weighted by Gasteiger charge is 2.29. The van der Waals surface area contributed by atoms with E-state index in [-0.39, 0.29) is 22.3 Å². The Balaban J connectivity index is 1.58. The van der Waals surface area contributed by atoms with Crippen molar-refractivity contribution in [1.82, 2.24) is 14.5 Å². The topological polar surface area (TPSA) is 99.5 Å². The summed E-state index contributed by atoms with van der Waals surface area (Å²) in [5.74, 6) is -0.457. The summed E-state index contributed by atoms with van der Waals surface area (Å²) < 4.78 is 40.9. The van der Waals surface area contributed by atoms with Crippen molar-refractivity contribution in [3.63, 3.8) is 0 Å². The van der Waals surface area contributed by atoms with E-state index in [0.29, 0.717) is 13.0 Å². The molecule has 1 N–H and O–H groups in total. The lowest BCUT2D eigenvalue weighted by molar-refractivity contribution is 0.0597. The maximum atomic E-state index is 13.1. The first-order valence-electron chi connectivity index (χ1n) is 10.3. The Hall–Kier alpha value is -3.17. The molecule has 0 bridgehead atoms. The first kappa shape index (κ1) is 22.0. The van der Waals surface area contributed by atoms with E-state index in [2.05, 4.69) is 9.82 Å². The molecule has 4 rings (SSSR count). The molecule has 1 heterocycles. The predicted molar refractivity (Wildman–Crippen MR) is 118 cm³/mol. The highest BCUT2D eigenvalue weighted by molar-refractivity contribution is 7.89. The van der Waals surface area contributed by atoms with Crippen molar-refractivity contribution in [2.24, 2.45) is 0 Å². The van der Waals surface area contributed by atoms with Gasteiger partial charge in [-0.1, -0.05) is 30.3 Å². The van der Waals surface area contributed by atoms with Crippen LogP contribution in [0.1, 0.15) is 46.1 Å². The lowest BCUT2D eigenvalue weighted by Gasteiger charge is -2.24.